The standard InChI is InChI=1S/C16H16N4OS/c21-16(13-11-14-12(18-13)4-10-22-14)20-8-6-19(7-9-20)15-3-1-2-5-17-15/h1-5,10-11,18H,6-9H2. The molecule has 1 amide bonds. The summed E-state index contributed by atoms with van der Waals surface area (Å²) in [5, 5.41) is 2.03. The van der Waals surface area contributed by atoms with Gasteiger partial charge in [0.05, 0.1) is 10.2 Å². The Kier molecular flexibility index (Phi) is 3.31. The van der Waals surface area contributed by atoms with Crippen molar-refractivity contribution in [1.82, 2.24) is 14.9 Å². The molecule has 3 aromatic heterocycles. The number of nitrogens with zero attached hydrogens (tertiary/aromatic N) is 3. The molecular formula is C16H16N4OS. The largest absolute Gasteiger partial charge is 0.353 e. The van der Waals surface area contributed by atoms with Crippen LogP contribution in [0.15, 0.2) is 41.9 Å². The summed E-state index contributed by atoms with van der Waals surface area (Å²) in [6, 6.07) is 9.88. The molecule has 0 aromatic carbocycles. The minimum atomic E-state index is 0.0871. The van der Waals surface area contributed by atoms with E-state index >= 15 is 0 Å². The Balaban J connectivity index is 1.45. The van der Waals surface area contributed by atoms with E-state index in [0.29, 0.717) is 5.69 Å². The molecule has 3 aromatic rings. The normalized spacial score (nSPS) is 15.5. The molecule has 1 aliphatic rings. The van der Waals surface area contributed by atoms with Gasteiger partial charge in [-0.1, -0.05) is 6.07 Å². The van der Waals surface area contributed by atoms with E-state index in [0.717, 1.165) is 42.2 Å². The molecule has 0 spiro atoms. The van der Waals surface area contributed by atoms with Crippen LogP contribution in [0.3, 0.4) is 0 Å². The first-order valence-electron chi connectivity index (χ1n) is 7.33. The molecular weight excluding hydrogens is 296 g/mol. The topological polar surface area (TPSA) is 52.2 Å². The van der Waals surface area contributed by atoms with Gasteiger partial charge in [-0.3, -0.25) is 4.79 Å². The Bertz CT molecular complexity index is 758. The van der Waals surface area contributed by atoms with Crippen LogP contribution in [-0.4, -0.2) is 47.0 Å². The van der Waals surface area contributed by atoms with Crippen molar-refractivity contribution < 1.29 is 4.79 Å². The minimum Gasteiger partial charge on any atom is -0.353 e. The van der Waals surface area contributed by atoms with E-state index in [-0.39, 0.29) is 5.91 Å². The number of aromatic amines is 1. The molecule has 0 unspecified atom stereocenters. The highest BCUT2D eigenvalue weighted by atomic mass is 32.1. The zero-order valence-electron chi connectivity index (χ0n) is 12.0. The van der Waals surface area contributed by atoms with E-state index in [1.54, 1.807) is 17.5 Å². The quantitative estimate of drug-likeness (QED) is 0.791. The number of nitrogens with one attached hydrogen (secondary N) is 1. The SMILES string of the molecule is O=C(c1cc2sccc2[nH]1)N1CCN(c2ccccn2)CC1. The zero-order chi connectivity index (χ0) is 14.9. The highest BCUT2D eigenvalue weighted by molar-refractivity contribution is 7.17. The highest BCUT2D eigenvalue weighted by Gasteiger charge is 2.23. The summed E-state index contributed by atoms with van der Waals surface area (Å²) in [5.74, 6) is 1.07. The van der Waals surface area contributed by atoms with Crippen molar-refractivity contribution in [2.45, 2.75) is 0 Å². The number of rotatable bonds is 2. The lowest BCUT2D eigenvalue weighted by Gasteiger charge is -2.35. The lowest BCUT2D eigenvalue weighted by molar-refractivity contribution is 0.0741. The maximum absolute atomic E-state index is 12.6. The zero-order valence-corrected chi connectivity index (χ0v) is 12.8. The molecule has 0 aliphatic carbocycles. The molecule has 4 heterocycles. The molecule has 112 valence electrons. The van der Waals surface area contributed by atoms with Crippen LogP contribution in [0.5, 0.6) is 0 Å². The number of aromatic nitrogens is 2. The van der Waals surface area contributed by atoms with Crippen LogP contribution < -0.4 is 4.90 Å². The lowest BCUT2D eigenvalue weighted by Crippen LogP contribution is -2.49. The first kappa shape index (κ1) is 13.3. The average Bonchev–Trinajstić information content (AvgIpc) is 3.17. The maximum Gasteiger partial charge on any atom is 0.270 e. The smallest absolute Gasteiger partial charge is 0.270 e. The second kappa shape index (κ2) is 5.46. The molecule has 1 aliphatic heterocycles. The summed E-state index contributed by atoms with van der Waals surface area (Å²) in [6.45, 7) is 3.08. The van der Waals surface area contributed by atoms with E-state index in [1.807, 2.05) is 40.6 Å². The fourth-order valence-corrected chi connectivity index (χ4v) is 3.60. The highest BCUT2D eigenvalue weighted by Crippen LogP contribution is 2.22. The van der Waals surface area contributed by atoms with E-state index in [9.17, 15) is 4.79 Å². The Morgan fingerprint density at radius 2 is 2.05 bits per heavy atom. The Morgan fingerprint density at radius 3 is 2.77 bits per heavy atom. The molecule has 1 saturated heterocycles. The van der Waals surface area contributed by atoms with Crippen molar-refractivity contribution in [3.8, 4) is 0 Å². The van der Waals surface area contributed by atoms with Crippen molar-refractivity contribution in [3.63, 3.8) is 0 Å². The molecule has 5 nitrogen and oxygen atoms in total. The summed E-state index contributed by atoms with van der Waals surface area (Å²) in [4.78, 5) is 24.3. The van der Waals surface area contributed by atoms with Gasteiger partial charge in [-0.15, -0.1) is 11.3 Å². The van der Waals surface area contributed by atoms with Crippen LogP contribution in [0.1, 0.15) is 10.5 Å². The number of pyridine rings is 1. The van der Waals surface area contributed by atoms with Gasteiger partial charge >= 0.3 is 0 Å². The number of hydrogen-bond donors (Lipinski definition) is 1. The third kappa shape index (κ3) is 2.35. The Hall–Kier alpha value is -2.34. The predicted octanol–water partition coefficient (Wildman–Crippen LogP) is 2.59. The summed E-state index contributed by atoms with van der Waals surface area (Å²) in [6.07, 6.45) is 1.80. The molecule has 0 radical (unpaired) electrons. The Labute approximate surface area is 132 Å². The number of H-pyrrole nitrogens is 1. The van der Waals surface area contributed by atoms with Crippen LogP contribution in [-0.2, 0) is 0 Å². The molecule has 1 N–H and O–H groups in total. The first-order valence-corrected chi connectivity index (χ1v) is 8.21. The van der Waals surface area contributed by atoms with Crippen molar-refractivity contribution >= 4 is 33.3 Å². The van der Waals surface area contributed by atoms with Crippen LogP contribution in [0.4, 0.5) is 5.82 Å². The van der Waals surface area contributed by atoms with E-state index in [2.05, 4.69) is 14.9 Å². The van der Waals surface area contributed by atoms with Crippen LogP contribution in [0.25, 0.3) is 10.2 Å². The fraction of sp³-hybridized carbons (Fsp3) is 0.250. The number of amides is 1. The molecule has 22 heavy (non-hydrogen) atoms. The molecule has 1 fully saturated rings. The fourth-order valence-electron chi connectivity index (χ4n) is 2.81. The lowest BCUT2D eigenvalue weighted by atomic mass is 10.2. The van der Waals surface area contributed by atoms with E-state index < -0.39 is 0 Å². The number of piperazine rings is 1. The van der Waals surface area contributed by atoms with Gasteiger partial charge in [0.25, 0.3) is 5.91 Å². The van der Waals surface area contributed by atoms with Gasteiger partial charge in [0.2, 0.25) is 0 Å². The molecule has 4 rings (SSSR count). The third-order valence-corrected chi connectivity index (χ3v) is 4.87. The molecule has 0 bridgehead atoms. The number of anilines is 1. The van der Waals surface area contributed by atoms with E-state index in [1.165, 1.54) is 0 Å². The van der Waals surface area contributed by atoms with Crippen molar-refractivity contribution in [2.75, 3.05) is 31.1 Å². The third-order valence-electron chi connectivity index (χ3n) is 4.01. The molecule has 0 saturated carbocycles. The van der Waals surface area contributed by atoms with Crippen LogP contribution in [0, 0.1) is 0 Å². The van der Waals surface area contributed by atoms with Crippen LogP contribution >= 0.6 is 11.3 Å². The number of hydrogen-bond acceptors (Lipinski definition) is 4. The number of carbonyl (C=O) groups is 1. The first-order chi connectivity index (χ1) is 10.8. The summed E-state index contributed by atoms with van der Waals surface area (Å²) < 4.78 is 1.13. The van der Waals surface area contributed by atoms with Crippen LogP contribution in [0.2, 0.25) is 0 Å². The number of carbonyl (C=O) groups excluding carboxylic acids is 1. The van der Waals surface area contributed by atoms with Gasteiger partial charge in [0.15, 0.2) is 0 Å². The number of thiophene rings is 1. The summed E-state index contributed by atoms with van der Waals surface area (Å²) >= 11 is 1.65. The molecule has 6 heteroatoms. The van der Waals surface area contributed by atoms with Crippen molar-refractivity contribution in [3.05, 3.63) is 47.6 Å². The number of fused-ring (bicyclic) bond motifs is 1. The van der Waals surface area contributed by atoms with Gasteiger partial charge in [-0.25, -0.2) is 4.98 Å². The van der Waals surface area contributed by atoms with Gasteiger partial charge in [0, 0.05) is 32.4 Å². The predicted molar refractivity (Wildman–Crippen MR) is 88.5 cm³/mol. The van der Waals surface area contributed by atoms with Gasteiger partial charge in [-0.2, -0.15) is 0 Å². The minimum absolute atomic E-state index is 0.0871. The van der Waals surface area contributed by atoms with Gasteiger partial charge in [-0.05, 0) is 29.6 Å². The maximum atomic E-state index is 12.6. The van der Waals surface area contributed by atoms with Crippen molar-refractivity contribution in [2.24, 2.45) is 0 Å². The van der Waals surface area contributed by atoms with Gasteiger partial charge in [0.1, 0.15) is 11.5 Å². The summed E-state index contributed by atoms with van der Waals surface area (Å²) in [5.41, 5.74) is 1.73. The van der Waals surface area contributed by atoms with E-state index in [4.69, 9.17) is 0 Å². The second-order valence-electron chi connectivity index (χ2n) is 5.35. The molecule has 0 atom stereocenters. The van der Waals surface area contributed by atoms with Crippen molar-refractivity contribution in [1.29, 1.82) is 0 Å². The van der Waals surface area contributed by atoms with Gasteiger partial charge < -0.3 is 14.8 Å². The average molecular weight is 312 g/mol. The Morgan fingerprint density at radius 1 is 1.18 bits per heavy atom. The monoisotopic (exact) mass is 312 g/mol. The second-order valence-corrected chi connectivity index (χ2v) is 6.30. The summed E-state index contributed by atoms with van der Waals surface area (Å²) in [7, 11) is 0.